The molecule has 2 aromatic rings. The number of hydrogen-bond acceptors (Lipinski definition) is 3. The fraction of sp³-hybridized carbons (Fsp3) is 0.214. The second-order valence-corrected chi connectivity index (χ2v) is 4.10. The van der Waals surface area contributed by atoms with Gasteiger partial charge >= 0.3 is 0 Å². The largest absolute Gasteiger partial charge is 0.373 e. The molecule has 1 aromatic carbocycles. The third kappa shape index (κ3) is 2.77. The molecular weight excluding hydrogens is 229 g/mol. The van der Waals surface area contributed by atoms with Crippen molar-refractivity contribution in [2.45, 2.75) is 6.54 Å². The van der Waals surface area contributed by atoms with E-state index in [4.69, 9.17) is 0 Å². The zero-order chi connectivity index (χ0) is 13.0. The number of hydrogen-bond donors (Lipinski definition) is 1. The minimum atomic E-state index is -0.174. The van der Waals surface area contributed by atoms with Crippen molar-refractivity contribution in [2.75, 3.05) is 24.3 Å². The molecule has 2 rings (SSSR count). The summed E-state index contributed by atoms with van der Waals surface area (Å²) in [6.45, 7) is 0.528. The number of pyridine rings is 1. The van der Waals surface area contributed by atoms with Crippen molar-refractivity contribution in [3.63, 3.8) is 0 Å². The van der Waals surface area contributed by atoms with Crippen molar-refractivity contribution in [3.8, 4) is 0 Å². The molecule has 0 saturated carbocycles. The van der Waals surface area contributed by atoms with E-state index in [0.29, 0.717) is 12.1 Å². The molecule has 18 heavy (non-hydrogen) atoms. The third-order valence-corrected chi connectivity index (χ3v) is 2.81. The van der Waals surface area contributed by atoms with Gasteiger partial charge in [0.15, 0.2) is 0 Å². The molecule has 1 heterocycles. The van der Waals surface area contributed by atoms with Crippen LogP contribution in [0.2, 0.25) is 0 Å². The Hall–Kier alpha value is -2.10. The van der Waals surface area contributed by atoms with Crippen molar-refractivity contribution < 1.29 is 4.39 Å². The summed E-state index contributed by atoms with van der Waals surface area (Å²) in [5, 5.41) is 2.99. The predicted octanol–water partition coefficient (Wildman–Crippen LogP) is 2.90. The van der Waals surface area contributed by atoms with E-state index in [1.165, 1.54) is 6.07 Å². The van der Waals surface area contributed by atoms with E-state index in [1.54, 1.807) is 18.3 Å². The highest BCUT2D eigenvalue weighted by Crippen LogP contribution is 2.18. The summed E-state index contributed by atoms with van der Waals surface area (Å²) in [5.74, 6) is 0.625. The Bertz CT molecular complexity index is 528. The van der Waals surface area contributed by atoms with Crippen LogP contribution in [0.5, 0.6) is 0 Å². The van der Waals surface area contributed by atoms with Crippen LogP contribution in [0.4, 0.5) is 15.9 Å². The number of anilines is 2. The second kappa shape index (κ2) is 5.49. The highest BCUT2D eigenvalue weighted by Gasteiger charge is 2.06. The highest BCUT2D eigenvalue weighted by atomic mass is 19.1. The first kappa shape index (κ1) is 12.4. The lowest BCUT2D eigenvalue weighted by molar-refractivity contribution is 0.608. The van der Waals surface area contributed by atoms with E-state index in [1.807, 2.05) is 37.2 Å². The molecule has 4 heteroatoms. The highest BCUT2D eigenvalue weighted by molar-refractivity contribution is 5.53. The number of rotatable bonds is 4. The minimum absolute atomic E-state index is 0.174. The zero-order valence-electron chi connectivity index (χ0n) is 10.5. The van der Waals surface area contributed by atoms with Crippen LogP contribution in [0.1, 0.15) is 5.56 Å². The number of benzene rings is 1. The lowest BCUT2D eigenvalue weighted by Gasteiger charge is -2.20. The fourth-order valence-corrected chi connectivity index (χ4v) is 1.77. The summed E-state index contributed by atoms with van der Waals surface area (Å²) in [6.07, 6.45) is 1.74. The topological polar surface area (TPSA) is 28.2 Å². The summed E-state index contributed by atoms with van der Waals surface area (Å²) < 4.78 is 13.6. The van der Waals surface area contributed by atoms with Gasteiger partial charge in [0.05, 0.1) is 0 Å². The molecule has 1 N–H and O–H groups in total. The molecule has 3 nitrogen and oxygen atoms in total. The second-order valence-electron chi connectivity index (χ2n) is 4.10. The van der Waals surface area contributed by atoms with Crippen LogP contribution < -0.4 is 10.2 Å². The standard InChI is InChI=1S/C14H16FN3/c1-16-14-9-12(7-8-17-14)18(2)10-11-5-3-4-6-13(11)15/h3-9H,10H2,1-2H3,(H,16,17). The molecule has 0 saturated heterocycles. The van der Waals surface area contributed by atoms with Gasteiger partial charge in [0.25, 0.3) is 0 Å². The summed E-state index contributed by atoms with van der Waals surface area (Å²) in [5.41, 5.74) is 1.68. The Morgan fingerprint density at radius 2 is 2.06 bits per heavy atom. The van der Waals surface area contributed by atoms with E-state index in [-0.39, 0.29) is 5.82 Å². The maximum Gasteiger partial charge on any atom is 0.128 e. The first-order chi connectivity index (χ1) is 8.70. The number of aromatic nitrogens is 1. The van der Waals surface area contributed by atoms with Crippen molar-refractivity contribution >= 4 is 11.5 Å². The molecule has 0 unspecified atom stereocenters. The Labute approximate surface area is 106 Å². The van der Waals surface area contributed by atoms with Gasteiger partial charge in [0.1, 0.15) is 11.6 Å². The van der Waals surface area contributed by atoms with E-state index < -0.39 is 0 Å². The summed E-state index contributed by atoms with van der Waals surface area (Å²) in [7, 11) is 3.75. The first-order valence-corrected chi connectivity index (χ1v) is 5.79. The SMILES string of the molecule is CNc1cc(N(C)Cc2ccccc2F)ccn1. The Morgan fingerprint density at radius 3 is 2.78 bits per heavy atom. The van der Waals surface area contributed by atoms with E-state index in [0.717, 1.165) is 11.5 Å². The van der Waals surface area contributed by atoms with Gasteiger partial charge in [-0.05, 0) is 12.1 Å². The van der Waals surface area contributed by atoms with Crippen LogP contribution in [0.25, 0.3) is 0 Å². The van der Waals surface area contributed by atoms with Gasteiger partial charge in [0.2, 0.25) is 0 Å². The number of nitrogens with zero attached hydrogens (tertiary/aromatic N) is 2. The molecule has 94 valence electrons. The summed E-state index contributed by atoms with van der Waals surface area (Å²) >= 11 is 0. The van der Waals surface area contributed by atoms with Crippen molar-refractivity contribution in [2.24, 2.45) is 0 Å². The van der Waals surface area contributed by atoms with Crippen molar-refractivity contribution in [1.29, 1.82) is 0 Å². The number of halogens is 1. The molecule has 0 bridgehead atoms. The third-order valence-electron chi connectivity index (χ3n) is 2.81. The zero-order valence-corrected chi connectivity index (χ0v) is 10.5. The van der Waals surface area contributed by atoms with Crippen LogP contribution in [-0.2, 0) is 6.54 Å². The maximum atomic E-state index is 13.6. The Balaban J connectivity index is 2.16. The Kier molecular flexibility index (Phi) is 3.77. The van der Waals surface area contributed by atoms with Crippen LogP contribution in [0.15, 0.2) is 42.6 Å². The molecule has 1 aromatic heterocycles. The maximum absolute atomic E-state index is 13.6. The minimum Gasteiger partial charge on any atom is -0.373 e. The monoisotopic (exact) mass is 245 g/mol. The molecule has 0 aliphatic heterocycles. The van der Waals surface area contributed by atoms with Gasteiger partial charge in [-0.3, -0.25) is 0 Å². The van der Waals surface area contributed by atoms with E-state index in [2.05, 4.69) is 10.3 Å². The Morgan fingerprint density at radius 1 is 1.28 bits per heavy atom. The average Bonchev–Trinajstić information content (AvgIpc) is 2.41. The summed E-state index contributed by atoms with van der Waals surface area (Å²) in [4.78, 5) is 6.14. The number of nitrogens with one attached hydrogen (secondary N) is 1. The lowest BCUT2D eigenvalue weighted by Crippen LogP contribution is -2.17. The lowest BCUT2D eigenvalue weighted by atomic mass is 10.2. The van der Waals surface area contributed by atoms with E-state index >= 15 is 0 Å². The van der Waals surface area contributed by atoms with E-state index in [9.17, 15) is 4.39 Å². The molecule has 0 radical (unpaired) electrons. The van der Waals surface area contributed by atoms with Gasteiger partial charge in [-0.15, -0.1) is 0 Å². The van der Waals surface area contributed by atoms with Gasteiger partial charge in [-0.1, -0.05) is 18.2 Å². The molecule has 0 aliphatic carbocycles. The average molecular weight is 245 g/mol. The van der Waals surface area contributed by atoms with Crippen LogP contribution >= 0.6 is 0 Å². The van der Waals surface area contributed by atoms with Gasteiger partial charge in [-0.25, -0.2) is 9.37 Å². The fourth-order valence-electron chi connectivity index (χ4n) is 1.77. The molecule has 0 fully saturated rings. The van der Waals surface area contributed by atoms with Crippen LogP contribution in [0.3, 0.4) is 0 Å². The summed E-state index contributed by atoms with van der Waals surface area (Å²) in [6, 6.07) is 10.7. The molecule has 0 amide bonds. The molecular formula is C14H16FN3. The van der Waals surface area contributed by atoms with Gasteiger partial charge in [-0.2, -0.15) is 0 Å². The van der Waals surface area contributed by atoms with Crippen molar-refractivity contribution in [1.82, 2.24) is 4.98 Å². The quantitative estimate of drug-likeness (QED) is 0.897. The molecule has 0 aliphatic rings. The normalized spacial score (nSPS) is 10.2. The van der Waals surface area contributed by atoms with Gasteiger partial charge in [0, 0.05) is 44.2 Å². The first-order valence-electron chi connectivity index (χ1n) is 5.79. The van der Waals surface area contributed by atoms with Gasteiger partial charge < -0.3 is 10.2 Å². The molecule has 0 atom stereocenters. The van der Waals surface area contributed by atoms with Crippen molar-refractivity contribution in [3.05, 3.63) is 54.0 Å². The molecule has 0 spiro atoms. The smallest absolute Gasteiger partial charge is 0.128 e. The predicted molar refractivity (Wildman–Crippen MR) is 72.3 cm³/mol. The van der Waals surface area contributed by atoms with Crippen LogP contribution in [0, 0.1) is 5.82 Å². The van der Waals surface area contributed by atoms with Crippen LogP contribution in [-0.4, -0.2) is 19.1 Å².